The summed E-state index contributed by atoms with van der Waals surface area (Å²) >= 11 is 0. The van der Waals surface area contributed by atoms with Crippen LogP contribution in [-0.2, 0) is 14.4 Å². The van der Waals surface area contributed by atoms with Gasteiger partial charge in [-0.25, -0.2) is 0 Å². The third kappa shape index (κ3) is 3.24. The lowest BCUT2D eigenvalue weighted by Crippen LogP contribution is -2.59. The minimum atomic E-state index is -0.575. The highest BCUT2D eigenvalue weighted by atomic mass is 16.2. The fraction of sp³-hybridized carbons (Fsp3) is 0.800. The molecule has 3 amide bonds. The number of likely N-dealkylation sites (N-methyl/N-ethyl adjacent to an activating group) is 1. The maximum atomic E-state index is 12.4. The number of nitrogens with zero attached hydrogens (tertiary/aromatic N) is 3. The number of nitrogens with two attached hydrogens (primary N) is 1. The van der Waals surface area contributed by atoms with Crippen molar-refractivity contribution in [1.29, 1.82) is 0 Å². The van der Waals surface area contributed by atoms with Gasteiger partial charge in [0.1, 0.15) is 6.54 Å². The molecular formula is C15H26N4O3. The van der Waals surface area contributed by atoms with Gasteiger partial charge in [0.2, 0.25) is 5.91 Å². The van der Waals surface area contributed by atoms with Gasteiger partial charge in [-0.2, -0.15) is 0 Å². The van der Waals surface area contributed by atoms with Crippen molar-refractivity contribution in [3.8, 4) is 0 Å². The smallest absolute Gasteiger partial charge is 0.312 e. The van der Waals surface area contributed by atoms with Gasteiger partial charge < -0.3 is 20.4 Å². The zero-order chi connectivity index (χ0) is 16.5. The molecule has 2 aliphatic heterocycles. The van der Waals surface area contributed by atoms with Crippen molar-refractivity contribution in [3.63, 3.8) is 0 Å². The number of likely N-dealkylation sites (tertiary alicyclic amines) is 1. The fourth-order valence-electron chi connectivity index (χ4n) is 3.02. The highest BCUT2D eigenvalue weighted by molar-refractivity contribution is 6.35. The van der Waals surface area contributed by atoms with E-state index in [0.717, 1.165) is 6.42 Å². The van der Waals surface area contributed by atoms with E-state index in [1.165, 1.54) is 9.80 Å². The molecule has 2 N–H and O–H groups in total. The molecule has 124 valence electrons. The highest BCUT2D eigenvalue weighted by Gasteiger charge is 2.37. The third-order valence-electron chi connectivity index (χ3n) is 4.77. The molecule has 2 heterocycles. The Bertz CT molecular complexity index is 477. The summed E-state index contributed by atoms with van der Waals surface area (Å²) in [5.74, 6) is -1.19. The number of amides is 3. The normalized spacial score (nSPS) is 25.6. The summed E-state index contributed by atoms with van der Waals surface area (Å²) in [7, 11) is 0. The summed E-state index contributed by atoms with van der Waals surface area (Å²) < 4.78 is 0. The van der Waals surface area contributed by atoms with Crippen LogP contribution in [0, 0.1) is 5.41 Å². The van der Waals surface area contributed by atoms with E-state index in [1.807, 2.05) is 20.8 Å². The van der Waals surface area contributed by atoms with Crippen molar-refractivity contribution in [1.82, 2.24) is 14.7 Å². The van der Waals surface area contributed by atoms with Gasteiger partial charge in [0.05, 0.1) is 0 Å². The van der Waals surface area contributed by atoms with Crippen molar-refractivity contribution < 1.29 is 14.4 Å². The van der Waals surface area contributed by atoms with Crippen molar-refractivity contribution in [2.45, 2.75) is 33.2 Å². The topological polar surface area (TPSA) is 86.9 Å². The summed E-state index contributed by atoms with van der Waals surface area (Å²) in [4.78, 5) is 41.0. The summed E-state index contributed by atoms with van der Waals surface area (Å²) in [6.07, 6.45) is 0.759. The average molecular weight is 310 g/mol. The van der Waals surface area contributed by atoms with Gasteiger partial charge in [-0.05, 0) is 18.8 Å². The molecule has 2 fully saturated rings. The average Bonchev–Trinajstić information content (AvgIpc) is 2.47. The molecule has 2 saturated heterocycles. The van der Waals surface area contributed by atoms with Gasteiger partial charge in [-0.15, -0.1) is 0 Å². The zero-order valence-corrected chi connectivity index (χ0v) is 13.7. The fourth-order valence-corrected chi connectivity index (χ4v) is 3.02. The predicted molar refractivity (Wildman–Crippen MR) is 81.8 cm³/mol. The van der Waals surface area contributed by atoms with Gasteiger partial charge in [-0.1, -0.05) is 13.8 Å². The summed E-state index contributed by atoms with van der Waals surface area (Å²) in [6, 6.07) is 0.0767. The second-order valence-corrected chi connectivity index (χ2v) is 6.81. The Hall–Kier alpha value is -1.63. The molecule has 0 radical (unpaired) electrons. The van der Waals surface area contributed by atoms with E-state index < -0.39 is 11.8 Å². The molecular weight excluding hydrogens is 284 g/mol. The minimum Gasteiger partial charge on any atom is -0.341 e. The maximum absolute atomic E-state index is 12.4. The molecule has 22 heavy (non-hydrogen) atoms. The second-order valence-electron chi connectivity index (χ2n) is 6.81. The Balaban J connectivity index is 1.95. The standard InChI is InChI=1S/C15H26N4O3/c1-4-17-7-8-18(14(22)13(17)21)9-12(20)19-6-5-11(16)15(2,3)10-19/h11H,4-10,16H2,1-3H3. The van der Waals surface area contributed by atoms with Crippen LogP contribution in [0.15, 0.2) is 0 Å². The van der Waals surface area contributed by atoms with Crippen molar-refractivity contribution in [2.75, 3.05) is 39.3 Å². The molecule has 0 aromatic rings. The van der Waals surface area contributed by atoms with E-state index in [1.54, 1.807) is 4.90 Å². The van der Waals surface area contributed by atoms with Crippen LogP contribution in [0.2, 0.25) is 0 Å². The third-order valence-corrected chi connectivity index (χ3v) is 4.77. The van der Waals surface area contributed by atoms with Crippen LogP contribution in [0.1, 0.15) is 27.2 Å². The van der Waals surface area contributed by atoms with E-state index in [2.05, 4.69) is 0 Å². The first-order chi connectivity index (χ1) is 10.3. The van der Waals surface area contributed by atoms with Crippen molar-refractivity contribution >= 4 is 17.7 Å². The number of carbonyl (C=O) groups excluding carboxylic acids is 3. The van der Waals surface area contributed by atoms with Gasteiger partial charge in [0, 0.05) is 38.8 Å². The molecule has 7 nitrogen and oxygen atoms in total. The number of hydrogen-bond acceptors (Lipinski definition) is 4. The molecule has 0 bridgehead atoms. The van der Waals surface area contributed by atoms with Crippen LogP contribution in [0.3, 0.4) is 0 Å². The Morgan fingerprint density at radius 1 is 1.18 bits per heavy atom. The summed E-state index contributed by atoms with van der Waals surface area (Å²) in [5.41, 5.74) is 5.95. The van der Waals surface area contributed by atoms with Crippen LogP contribution >= 0.6 is 0 Å². The molecule has 1 unspecified atom stereocenters. The maximum Gasteiger partial charge on any atom is 0.312 e. The van der Waals surface area contributed by atoms with Crippen LogP contribution < -0.4 is 5.73 Å². The molecule has 1 atom stereocenters. The Morgan fingerprint density at radius 2 is 1.77 bits per heavy atom. The van der Waals surface area contributed by atoms with Crippen molar-refractivity contribution in [2.24, 2.45) is 11.1 Å². The molecule has 0 spiro atoms. The molecule has 0 saturated carbocycles. The highest BCUT2D eigenvalue weighted by Crippen LogP contribution is 2.27. The largest absolute Gasteiger partial charge is 0.341 e. The quantitative estimate of drug-likeness (QED) is 0.696. The van der Waals surface area contributed by atoms with E-state index in [-0.39, 0.29) is 23.9 Å². The first kappa shape index (κ1) is 16.7. The molecule has 2 rings (SSSR count). The Morgan fingerprint density at radius 3 is 2.36 bits per heavy atom. The van der Waals surface area contributed by atoms with Gasteiger partial charge in [0.25, 0.3) is 0 Å². The predicted octanol–water partition coefficient (Wildman–Crippen LogP) is -0.737. The number of hydrogen-bond donors (Lipinski definition) is 1. The zero-order valence-electron chi connectivity index (χ0n) is 13.7. The van der Waals surface area contributed by atoms with Gasteiger partial charge >= 0.3 is 11.8 Å². The second kappa shape index (κ2) is 6.24. The molecule has 0 aliphatic carbocycles. The van der Waals surface area contributed by atoms with Crippen molar-refractivity contribution in [3.05, 3.63) is 0 Å². The number of piperazine rings is 1. The van der Waals surface area contributed by atoms with E-state index in [0.29, 0.717) is 32.7 Å². The lowest BCUT2D eigenvalue weighted by atomic mass is 9.79. The van der Waals surface area contributed by atoms with Crippen LogP contribution in [0.5, 0.6) is 0 Å². The molecule has 0 aromatic heterocycles. The Kier molecular flexibility index (Phi) is 4.75. The van der Waals surface area contributed by atoms with Crippen LogP contribution in [-0.4, -0.2) is 77.7 Å². The lowest BCUT2D eigenvalue weighted by molar-refractivity contribution is -0.157. The van der Waals surface area contributed by atoms with Gasteiger partial charge in [-0.3, -0.25) is 14.4 Å². The first-order valence-electron chi connectivity index (χ1n) is 7.88. The monoisotopic (exact) mass is 310 g/mol. The first-order valence-corrected chi connectivity index (χ1v) is 7.88. The lowest BCUT2D eigenvalue weighted by Gasteiger charge is -2.43. The number of piperidine rings is 1. The number of carbonyl (C=O) groups is 3. The molecule has 7 heteroatoms. The van der Waals surface area contributed by atoms with Crippen LogP contribution in [0.25, 0.3) is 0 Å². The number of rotatable bonds is 3. The van der Waals surface area contributed by atoms with E-state index >= 15 is 0 Å². The molecule has 2 aliphatic rings. The summed E-state index contributed by atoms with van der Waals surface area (Å²) in [5, 5.41) is 0. The minimum absolute atomic E-state index is 0.0204. The van der Waals surface area contributed by atoms with E-state index in [9.17, 15) is 14.4 Å². The molecule has 0 aromatic carbocycles. The Labute approximate surface area is 131 Å². The summed E-state index contributed by atoms with van der Waals surface area (Å²) in [6.45, 7) is 8.54. The van der Waals surface area contributed by atoms with Gasteiger partial charge in [0.15, 0.2) is 0 Å². The SMILES string of the molecule is CCN1CCN(CC(=O)N2CCC(N)C(C)(C)C2)C(=O)C1=O. The van der Waals surface area contributed by atoms with Crippen LogP contribution in [0.4, 0.5) is 0 Å². The van der Waals surface area contributed by atoms with E-state index in [4.69, 9.17) is 5.73 Å².